The maximum absolute atomic E-state index is 12.1. The van der Waals surface area contributed by atoms with Gasteiger partial charge in [0, 0.05) is 13.7 Å². The van der Waals surface area contributed by atoms with Gasteiger partial charge in [-0.1, -0.05) is 13.8 Å². The van der Waals surface area contributed by atoms with Crippen molar-refractivity contribution in [3.05, 3.63) is 0 Å². The Bertz CT molecular complexity index is 288. The van der Waals surface area contributed by atoms with Crippen molar-refractivity contribution in [2.75, 3.05) is 13.7 Å². The highest BCUT2D eigenvalue weighted by Gasteiger charge is 2.36. The lowest BCUT2D eigenvalue weighted by atomic mass is 9.92. The zero-order valence-corrected chi connectivity index (χ0v) is 10.7. The summed E-state index contributed by atoms with van der Waals surface area (Å²) in [6.45, 7) is 4.39. The van der Waals surface area contributed by atoms with Gasteiger partial charge < -0.3 is 14.7 Å². The maximum Gasteiger partial charge on any atom is 0.326 e. The van der Waals surface area contributed by atoms with Crippen LogP contribution in [0.3, 0.4) is 0 Å². The Morgan fingerprint density at radius 3 is 2.65 bits per heavy atom. The van der Waals surface area contributed by atoms with Gasteiger partial charge in [-0.05, 0) is 25.2 Å². The normalized spacial score (nSPS) is 26.6. The van der Waals surface area contributed by atoms with E-state index in [1.165, 1.54) is 12.0 Å². The molecule has 5 heteroatoms. The second kappa shape index (κ2) is 6.00. The number of aliphatic carboxylic acids is 1. The van der Waals surface area contributed by atoms with E-state index >= 15 is 0 Å². The van der Waals surface area contributed by atoms with Crippen LogP contribution in [0, 0.1) is 5.92 Å². The first-order chi connectivity index (χ1) is 8.01. The first-order valence-electron chi connectivity index (χ1n) is 6.07. The van der Waals surface area contributed by atoms with Gasteiger partial charge in [0.05, 0.1) is 0 Å². The molecule has 1 saturated heterocycles. The standard InChI is InChI=1S/C12H21NO4/c1-4-10(17-3)11(14)13-6-5-8(2)7-9(13)12(15)16/h8-10H,4-7H2,1-3H3,(H,15,16). The van der Waals surface area contributed by atoms with Crippen molar-refractivity contribution in [1.82, 2.24) is 4.90 Å². The molecule has 0 aromatic carbocycles. The number of hydrogen-bond donors (Lipinski definition) is 1. The SMILES string of the molecule is CCC(OC)C(=O)N1CCC(C)CC1C(=O)O. The minimum atomic E-state index is -0.921. The summed E-state index contributed by atoms with van der Waals surface area (Å²) in [6.07, 6.45) is 1.43. The fraction of sp³-hybridized carbons (Fsp3) is 0.833. The van der Waals surface area contributed by atoms with Crippen LogP contribution in [0.4, 0.5) is 0 Å². The fourth-order valence-corrected chi connectivity index (χ4v) is 2.27. The minimum Gasteiger partial charge on any atom is -0.480 e. The zero-order chi connectivity index (χ0) is 13.0. The van der Waals surface area contributed by atoms with Crippen LogP contribution >= 0.6 is 0 Å². The van der Waals surface area contributed by atoms with Crippen molar-refractivity contribution < 1.29 is 19.4 Å². The van der Waals surface area contributed by atoms with Gasteiger partial charge in [0.2, 0.25) is 0 Å². The second-order valence-corrected chi connectivity index (χ2v) is 4.65. The van der Waals surface area contributed by atoms with Gasteiger partial charge in [0.1, 0.15) is 12.1 Å². The molecular weight excluding hydrogens is 222 g/mol. The summed E-state index contributed by atoms with van der Waals surface area (Å²) >= 11 is 0. The van der Waals surface area contributed by atoms with E-state index in [1.807, 2.05) is 13.8 Å². The third-order valence-electron chi connectivity index (χ3n) is 3.36. The van der Waals surface area contributed by atoms with Crippen LogP contribution in [0.25, 0.3) is 0 Å². The molecule has 0 aromatic heterocycles. The molecule has 0 bridgehead atoms. The number of ether oxygens (including phenoxy) is 1. The molecule has 3 atom stereocenters. The Balaban J connectivity index is 2.79. The van der Waals surface area contributed by atoms with Crippen molar-refractivity contribution in [2.45, 2.75) is 45.3 Å². The predicted octanol–water partition coefficient (Wildman–Crippen LogP) is 1.12. The van der Waals surface area contributed by atoms with E-state index in [0.717, 1.165) is 6.42 Å². The van der Waals surface area contributed by atoms with Gasteiger partial charge in [-0.3, -0.25) is 4.79 Å². The number of nitrogens with zero attached hydrogens (tertiary/aromatic N) is 1. The second-order valence-electron chi connectivity index (χ2n) is 4.65. The van der Waals surface area contributed by atoms with E-state index in [4.69, 9.17) is 9.84 Å². The summed E-state index contributed by atoms with van der Waals surface area (Å²) < 4.78 is 5.09. The Morgan fingerprint density at radius 2 is 2.18 bits per heavy atom. The molecule has 0 radical (unpaired) electrons. The summed E-state index contributed by atoms with van der Waals surface area (Å²) in [5.41, 5.74) is 0. The van der Waals surface area contributed by atoms with Crippen LogP contribution in [0.5, 0.6) is 0 Å². The summed E-state index contributed by atoms with van der Waals surface area (Å²) in [6, 6.07) is -0.699. The monoisotopic (exact) mass is 243 g/mol. The number of amides is 1. The zero-order valence-electron chi connectivity index (χ0n) is 10.7. The largest absolute Gasteiger partial charge is 0.480 e. The number of rotatable bonds is 4. The number of likely N-dealkylation sites (tertiary alicyclic amines) is 1. The van der Waals surface area contributed by atoms with E-state index in [2.05, 4.69) is 0 Å². The van der Waals surface area contributed by atoms with Crippen molar-refractivity contribution in [2.24, 2.45) is 5.92 Å². The summed E-state index contributed by atoms with van der Waals surface area (Å²) in [7, 11) is 1.48. The van der Waals surface area contributed by atoms with Crippen molar-refractivity contribution in [1.29, 1.82) is 0 Å². The average Bonchev–Trinajstić information content (AvgIpc) is 2.30. The molecule has 1 fully saturated rings. The molecule has 3 unspecified atom stereocenters. The smallest absolute Gasteiger partial charge is 0.326 e. The maximum atomic E-state index is 12.1. The van der Waals surface area contributed by atoms with E-state index in [9.17, 15) is 9.59 Å². The molecule has 1 amide bonds. The lowest BCUT2D eigenvalue weighted by molar-refractivity contribution is -0.158. The summed E-state index contributed by atoms with van der Waals surface area (Å²) in [4.78, 5) is 24.8. The molecule has 0 aromatic rings. The van der Waals surface area contributed by atoms with E-state index in [-0.39, 0.29) is 5.91 Å². The van der Waals surface area contributed by atoms with Crippen LogP contribution < -0.4 is 0 Å². The minimum absolute atomic E-state index is 0.200. The number of carbonyl (C=O) groups is 2. The topological polar surface area (TPSA) is 66.8 Å². The van der Waals surface area contributed by atoms with E-state index in [0.29, 0.717) is 25.3 Å². The van der Waals surface area contributed by atoms with E-state index in [1.54, 1.807) is 0 Å². The van der Waals surface area contributed by atoms with Gasteiger partial charge in [-0.25, -0.2) is 4.79 Å². The molecule has 0 aliphatic carbocycles. The fourth-order valence-electron chi connectivity index (χ4n) is 2.27. The molecule has 0 saturated carbocycles. The number of carboxylic acid groups (broad SMARTS) is 1. The molecule has 5 nitrogen and oxygen atoms in total. The molecule has 1 rings (SSSR count). The Labute approximate surface area is 102 Å². The lowest BCUT2D eigenvalue weighted by Crippen LogP contribution is -2.53. The van der Waals surface area contributed by atoms with Crippen LogP contribution in [0.15, 0.2) is 0 Å². The first-order valence-corrected chi connectivity index (χ1v) is 6.07. The molecule has 0 spiro atoms. The highest BCUT2D eigenvalue weighted by molar-refractivity contribution is 5.86. The van der Waals surface area contributed by atoms with Crippen LogP contribution in [-0.2, 0) is 14.3 Å². The molecule has 1 N–H and O–H groups in total. The van der Waals surface area contributed by atoms with E-state index < -0.39 is 18.1 Å². The van der Waals surface area contributed by atoms with Gasteiger partial charge in [-0.2, -0.15) is 0 Å². The third-order valence-corrected chi connectivity index (χ3v) is 3.36. The average molecular weight is 243 g/mol. The predicted molar refractivity (Wildman–Crippen MR) is 62.6 cm³/mol. The van der Waals surface area contributed by atoms with Crippen molar-refractivity contribution >= 4 is 11.9 Å². The summed E-state index contributed by atoms with van der Waals surface area (Å²) in [5.74, 6) is -0.770. The molecule has 1 aliphatic heterocycles. The van der Waals surface area contributed by atoms with Crippen molar-refractivity contribution in [3.63, 3.8) is 0 Å². The highest BCUT2D eigenvalue weighted by Crippen LogP contribution is 2.24. The summed E-state index contributed by atoms with van der Waals surface area (Å²) in [5, 5.41) is 9.17. The van der Waals surface area contributed by atoms with Crippen LogP contribution in [-0.4, -0.2) is 47.7 Å². The van der Waals surface area contributed by atoms with Crippen LogP contribution in [0.1, 0.15) is 33.1 Å². The van der Waals surface area contributed by atoms with Crippen molar-refractivity contribution in [3.8, 4) is 0 Å². The van der Waals surface area contributed by atoms with Crippen LogP contribution in [0.2, 0.25) is 0 Å². The quantitative estimate of drug-likeness (QED) is 0.803. The molecule has 17 heavy (non-hydrogen) atoms. The van der Waals surface area contributed by atoms with Gasteiger partial charge >= 0.3 is 5.97 Å². The van der Waals surface area contributed by atoms with Gasteiger partial charge in [-0.15, -0.1) is 0 Å². The number of carbonyl (C=O) groups excluding carboxylic acids is 1. The Morgan fingerprint density at radius 1 is 1.53 bits per heavy atom. The molecule has 98 valence electrons. The number of hydrogen-bond acceptors (Lipinski definition) is 3. The number of piperidine rings is 1. The number of methoxy groups -OCH3 is 1. The Hall–Kier alpha value is -1.10. The van der Waals surface area contributed by atoms with Gasteiger partial charge in [0.25, 0.3) is 5.91 Å². The molecule has 1 aliphatic rings. The lowest BCUT2D eigenvalue weighted by Gasteiger charge is -2.37. The molecule has 1 heterocycles. The number of carboxylic acids is 1. The molecular formula is C12H21NO4. The first kappa shape index (κ1) is 14.0. The highest BCUT2D eigenvalue weighted by atomic mass is 16.5. The van der Waals surface area contributed by atoms with Gasteiger partial charge in [0.15, 0.2) is 0 Å². The Kier molecular flexibility index (Phi) is 4.93. The third kappa shape index (κ3) is 3.19.